The minimum absolute atomic E-state index is 0.472. The van der Waals surface area contributed by atoms with Crippen molar-refractivity contribution >= 4 is 11.8 Å². The largest absolute Gasteiger partial charge is 0.316 e. The summed E-state index contributed by atoms with van der Waals surface area (Å²) >= 11 is 1.84. The van der Waals surface area contributed by atoms with E-state index in [1.165, 1.54) is 10.5 Å². The molecule has 1 rings (SSSR count). The van der Waals surface area contributed by atoms with Gasteiger partial charge in [0.05, 0.1) is 0 Å². The van der Waals surface area contributed by atoms with Crippen LogP contribution in [0.4, 0.5) is 0 Å². The molecule has 0 saturated heterocycles. The predicted molar refractivity (Wildman–Crippen MR) is 64.7 cm³/mol. The van der Waals surface area contributed by atoms with Crippen molar-refractivity contribution in [2.24, 2.45) is 0 Å². The summed E-state index contributed by atoms with van der Waals surface area (Å²) in [6, 6.07) is 8.61. The summed E-state index contributed by atoms with van der Waals surface area (Å²) in [7, 11) is 1.96. The third kappa shape index (κ3) is 3.56. The molecule has 0 aliphatic carbocycles. The number of thioether (sulfide) groups is 1. The van der Waals surface area contributed by atoms with Crippen molar-refractivity contribution in [3.05, 3.63) is 42.5 Å². The quantitative estimate of drug-likeness (QED) is 0.588. The molecule has 0 radical (unpaired) electrons. The third-order valence-electron chi connectivity index (χ3n) is 1.93. The maximum Gasteiger partial charge on any atom is 0.0243 e. The van der Waals surface area contributed by atoms with Crippen molar-refractivity contribution in [3.63, 3.8) is 0 Å². The van der Waals surface area contributed by atoms with E-state index in [1.54, 1.807) is 0 Å². The second kappa shape index (κ2) is 5.89. The van der Waals surface area contributed by atoms with Crippen molar-refractivity contribution < 1.29 is 0 Å². The fourth-order valence-electron chi connectivity index (χ4n) is 1.20. The topological polar surface area (TPSA) is 12.0 Å². The highest BCUT2D eigenvalue weighted by Gasteiger charge is 2.00. The summed E-state index contributed by atoms with van der Waals surface area (Å²) in [5, 5.41) is 3.62. The van der Waals surface area contributed by atoms with E-state index >= 15 is 0 Å². The molecule has 0 bridgehead atoms. The van der Waals surface area contributed by atoms with Crippen LogP contribution in [0.15, 0.2) is 41.8 Å². The van der Waals surface area contributed by atoms with Crippen LogP contribution in [-0.4, -0.2) is 12.3 Å². The van der Waals surface area contributed by atoms with Crippen LogP contribution in [0.2, 0.25) is 0 Å². The summed E-state index contributed by atoms with van der Waals surface area (Å²) in [5.41, 5.74) is 1.33. The van der Waals surface area contributed by atoms with Crippen LogP contribution < -0.4 is 5.32 Å². The Labute approximate surface area is 90.6 Å². The van der Waals surface area contributed by atoms with Crippen LogP contribution in [0.5, 0.6) is 0 Å². The van der Waals surface area contributed by atoms with Crippen LogP contribution in [0.25, 0.3) is 0 Å². The Hall–Kier alpha value is -0.730. The van der Waals surface area contributed by atoms with Gasteiger partial charge in [-0.25, -0.2) is 0 Å². The zero-order chi connectivity index (χ0) is 10.4. The molecular weight excluding hydrogens is 190 g/mol. The Morgan fingerprint density at radius 2 is 2.36 bits per heavy atom. The van der Waals surface area contributed by atoms with Crippen molar-refractivity contribution in [1.82, 2.24) is 5.32 Å². The lowest BCUT2D eigenvalue weighted by Crippen LogP contribution is -2.04. The van der Waals surface area contributed by atoms with E-state index in [0.29, 0.717) is 5.25 Å². The van der Waals surface area contributed by atoms with Gasteiger partial charge in [0.2, 0.25) is 0 Å². The fourth-order valence-corrected chi connectivity index (χ4v) is 2.10. The summed E-state index contributed by atoms with van der Waals surface area (Å²) in [5.74, 6) is 0. The van der Waals surface area contributed by atoms with Crippen molar-refractivity contribution in [2.45, 2.75) is 23.6 Å². The standard InChI is InChI=1S/C12H17NS/c1-4-10(2)14-12-7-5-6-11(8-12)9-13-3/h4-8,10,13H,1,9H2,2-3H3. The van der Waals surface area contributed by atoms with E-state index in [-0.39, 0.29) is 0 Å². The van der Waals surface area contributed by atoms with Gasteiger partial charge in [0.1, 0.15) is 0 Å². The van der Waals surface area contributed by atoms with Crippen LogP contribution in [0, 0.1) is 0 Å². The Kier molecular flexibility index (Phi) is 4.77. The first kappa shape index (κ1) is 11.3. The van der Waals surface area contributed by atoms with Gasteiger partial charge in [-0.2, -0.15) is 0 Å². The minimum atomic E-state index is 0.472. The van der Waals surface area contributed by atoms with Crippen LogP contribution in [-0.2, 0) is 6.54 Å². The number of benzene rings is 1. The monoisotopic (exact) mass is 207 g/mol. The van der Waals surface area contributed by atoms with Gasteiger partial charge >= 0.3 is 0 Å². The second-order valence-electron chi connectivity index (χ2n) is 3.24. The molecule has 76 valence electrons. The molecule has 1 unspecified atom stereocenters. The lowest BCUT2D eigenvalue weighted by molar-refractivity contribution is 0.815. The van der Waals surface area contributed by atoms with E-state index in [9.17, 15) is 0 Å². The summed E-state index contributed by atoms with van der Waals surface area (Å²) < 4.78 is 0. The Bertz CT molecular complexity index is 296. The molecule has 1 aromatic carbocycles. The van der Waals surface area contributed by atoms with E-state index < -0.39 is 0 Å². The Morgan fingerprint density at radius 3 is 3.00 bits per heavy atom. The zero-order valence-corrected chi connectivity index (χ0v) is 9.60. The first-order valence-electron chi connectivity index (χ1n) is 4.79. The van der Waals surface area contributed by atoms with Crippen LogP contribution in [0.3, 0.4) is 0 Å². The van der Waals surface area contributed by atoms with Gasteiger partial charge in [0.25, 0.3) is 0 Å². The fraction of sp³-hybridized carbons (Fsp3) is 0.333. The molecular formula is C12H17NS. The van der Waals surface area contributed by atoms with E-state index in [2.05, 4.69) is 43.1 Å². The highest BCUT2D eigenvalue weighted by molar-refractivity contribution is 8.00. The number of hydrogen-bond donors (Lipinski definition) is 1. The molecule has 0 aliphatic rings. The number of rotatable bonds is 5. The predicted octanol–water partition coefficient (Wildman–Crippen LogP) is 3.07. The van der Waals surface area contributed by atoms with Gasteiger partial charge in [-0.1, -0.05) is 18.2 Å². The Morgan fingerprint density at radius 1 is 1.57 bits per heavy atom. The van der Waals surface area contributed by atoms with Gasteiger partial charge in [-0.3, -0.25) is 0 Å². The summed E-state index contributed by atoms with van der Waals surface area (Å²) in [4.78, 5) is 1.31. The number of hydrogen-bond acceptors (Lipinski definition) is 2. The molecule has 0 aliphatic heterocycles. The maximum absolute atomic E-state index is 3.78. The van der Waals surface area contributed by atoms with Gasteiger partial charge in [0.15, 0.2) is 0 Å². The van der Waals surface area contributed by atoms with Gasteiger partial charge in [-0.15, -0.1) is 18.3 Å². The van der Waals surface area contributed by atoms with Gasteiger partial charge in [-0.05, 0) is 31.7 Å². The molecule has 0 aromatic heterocycles. The average Bonchev–Trinajstić information content (AvgIpc) is 2.19. The highest BCUT2D eigenvalue weighted by atomic mass is 32.2. The molecule has 1 N–H and O–H groups in total. The normalized spacial score (nSPS) is 12.4. The molecule has 2 heteroatoms. The van der Waals surface area contributed by atoms with E-state index in [4.69, 9.17) is 0 Å². The smallest absolute Gasteiger partial charge is 0.0243 e. The average molecular weight is 207 g/mol. The minimum Gasteiger partial charge on any atom is -0.316 e. The van der Waals surface area contributed by atoms with E-state index in [0.717, 1.165) is 6.54 Å². The van der Waals surface area contributed by atoms with Gasteiger partial charge < -0.3 is 5.32 Å². The van der Waals surface area contributed by atoms with Crippen molar-refractivity contribution in [3.8, 4) is 0 Å². The molecule has 0 heterocycles. The molecule has 0 amide bonds. The Balaban J connectivity index is 2.67. The molecule has 0 spiro atoms. The molecule has 14 heavy (non-hydrogen) atoms. The zero-order valence-electron chi connectivity index (χ0n) is 8.79. The second-order valence-corrected chi connectivity index (χ2v) is 4.69. The van der Waals surface area contributed by atoms with Crippen molar-refractivity contribution in [2.75, 3.05) is 7.05 Å². The van der Waals surface area contributed by atoms with Gasteiger partial charge in [0, 0.05) is 16.7 Å². The first-order valence-corrected chi connectivity index (χ1v) is 5.67. The molecule has 0 saturated carbocycles. The SMILES string of the molecule is C=CC(C)Sc1cccc(CNC)c1. The summed E-state index contributed by atoms with van der Waals surface area (Å²) in [6.07, 6.45) is 1.97. The number of nitrogens with one attached hydrogen (secondary N) is 1. The molecule has 0 fully saturated rings. The lowest BCUT2D eigenvalue weighted by Gasteiger charge is -2.07. The lowest BCUT2D eigenvalue weighted by atomic mass is 10.2. The maximum atomic E-state index is 3.78. The van der Waals surface area contributed by atoms with Crippen LogP contribution in [0.1, 0.15) is 12.5 Å². The molecule has 1 aromatic rings. The summed E-state index contributed by atoms with van der Waals surface area (Å²) in [6.45, 7) is 6.86. The molecule has 1 nitrogen and oxygen atoms in total. The van der Waals surface area contributed by atoms with E-state index in [1.807, 2.05) is 24.9 Å². The highest BCUT2D eigenvalue weighted by Crippen LogP contribution is 2.24. The first-order chi connectivity index (χ1) is 6.76. The van der Waals surface area contributed by atoms with Crippen LogP contribution >= 0.6 is 11.8 Å². The third-order valence-corrected chi connectivity index (χ3v) is 3.02. The van der Waals surface area contributed by atoms with Crippen molar-refractivity contribution in [1.29, 1.82) is 0 Å². The molecule has 1 atom stereocenters.